The maximum absolute atomic E-state index is 8.53. The van der Waals surface area contributed by atoms with Crippen LogP contribution in [0, 0.1) is 11.3 Å². The van der Waals surface area contributed by atoms with Gasteiger partial charge in [-0.05, 0) is 36.0 Å². The minimum absolute atomic E-state index is 0.528. The Morgan fingerprint density at radius 2 is 2.12 bits per heavy atom. The molecule has 0 unspecified atom stereocenters. The first kappa shape index (κ1) is 12.6. The first-order valence-corrected chi connectivity index (χ1v) is 5.72. The number of ether oxygens (including phenoxy) is 1. The normalized spacial score (nSPS) is 10.2. The zero-order valence-corrected chi connectivity index (χ0v) is 10.3. The van der Waals surface area contributed by atoms with E-state index in [0.717, 1.165) is 18.6 Å². The molecule has 0 aromatic heterocycles. The highest BCUT2D eigenvalue weighted by Crippen LogP contribution is 2.25. The van der Waals surface area contributed by atoms with Gasteiger partial charge < -0.3 is 4.74 Å². The summed E-state index contributed by atoms with van der Waals surface area (Å²) in [6, 6.07) is 8.50. The van der Waals surface area contributed by atoms with E-state index in [1.165, 1.54) is 11.1 Å². The molecule has 0 radical (unpaired) electrons. The third-order valence-corrected chi connectivity index (χ3v) is 2.71. The molecule has 0 fully saturated rings. The molecule has 86 valence electrons. The van der Waals surface area contributed by atoms with Crippen molar-refractivity contribution in [3.8, 4) is 11.8 Å². The number of aryl methyl sites for hydroxylation is 1. The zero-order valence-electron chi connectivity index (χ0n) is 10.3. The summed E-state index contributed by atoms with van der Waals surface area (Å²) in [5.74, 6) is 1.46. The van der Waals surface area contributed by atoms with Crippen LogP contribution in [0.15, 0.2) is 18.2 Å². The summed E-state index contributed by atoms with van der Waals surface area (Å²) in [4.78, 5) is 0. The molecule has 0 saturated heterocycles. The van der Waals surface area contributed by atoms with E-state index in [0.29, 0.717) is 12.3 Å². The highest BCUT2D eigenvalue weighted by Gasteiger charge is 2.06. The van der Waals surface area contributed by atoms with Gasteiger partial charge in [-0.25, -0.2) is 0 Å². The van der Waals surface area contributed by atoms with Crippen LogP contribution in [-0.4, -0.2) is 7.11 Å². The lowest BCUT2D eigenvalue weighted by atomic mass is 9.98. The molecule has 0 aliphatic heterocycles. The van der Waals surface area contributed by atoms with Crippen LogP contribution < -0.4 is 4.74 Å². The van der Waals surface area contributed by atoms with Crippen LogP contribution in [0.25, 0.3) is 0 Å². The summed E-state index contributed by atoms with van der Waals surface area (Å²) in [5.41, 5.74) is 2.54. The maximum Gasteiger partial charge on any atom is 0.122 e. The van der Waals surface area contributed by atoms with Gasteiger partial charge in [-0.2, -0.15) is 5.26 Å². The van der Waals surface area contributed by atoms with E-state index in [-0.39, 0.29) is 0 Å². The summed E-state index contributed by atoms with van der Waals surface area (Å²) in [5, 5.41) is 8.53. The molecule has 2 nitrogen and oxygen atoms in total. The third-order valence-electron chi connectivity index (χ3n) is 2.71. The van der Waals surface area contributed by atoms with Gasteiger partial charge in [0.2, 0.25) is 0 Å². The first-order valence-electron chi connectivity index (χ1n) is 5.72. The SMILES string of the molecule is COc1ccc(C(C)C)cc1CCCC#N. The van der Waals surface area contributed by atoms with Gasteiger partial charge in [0.05, 0.1) is 13.2 Å². The van der Waals surface area contributed by atoms with Crippen molar-refractivity contribution < 1.29 is 4.74 Å². The standard InChI is InChI=1S/C14H19NO/c1-11(2)12-7-8-14(16-3)13(10-12)6-4-5-9-15/h7-8,10-11H,4-6H2,1-3H3. The smallest absolute Gasteiger partial charge is 0.122 e. The molecule has 0 saturated carbocycles. The number of nitrogens with zero attached hydrogens (tertiary/aromatic N) is 1. The quantitative estimate of drug-likeness (QED) is 0.705. The van der Waals surface area contributed by atoms with Crippen LogP contribution in [-0.2, 0) is 6.42 Å². The molecular weight excluding hydrogens is 198 g/mol. The van der Waals surface area contributed by atoms with Crippen molar-refractivity contribution in [2.45, 2.75) is 39.0 Å². The minimum Gasteiger partial charge on any atom is -0.496 e. The molecule has 1 aromatic carbocycles. The molecule has 2 heteroatoms. The van der Waals surface area contributed by atoms with Gasteiger partial charge in [0.15, 0.2) is 0 Å². The summed E-state index contributed by atoms with van der Waals surface area (Å²) < 4.78 is 5.33. The van der Waals surface area contributed by atoms with Gasteiger partial charge in [-0.15, -0.1) is 0 Å². The van der Waals surface area contributed by atoms with E-state index in [9.17, 15) is 0 Å². The lowest BCUT2D eigenvalue weighted by molar-refractivity contribution is 0.409. The van der Waals surface area contributed by atoms with E-state index in [1.54, 1.807) is 7.11 Å². The second kappa shape index (κ2) is 6.17. The molecule has 1 rings (SSSR count). The van der Waals surface area contributed by atoms with Crippen molar-refractivity contribution in [3.63, 3.8) is 0 Å². The number of nitriles is 1. The van der Waals surface area contributed by atoms with Crippen molar-refractivity contribution in [3.05, 3.63) is 29.3 Å². The number of methoxy groups -OCH3 is 1. The van der Waals surface area contributed by atoms with Gasteiger partial charge in [-0.1, -0.05) is 26.0 Å². The topological polar surface area (TPSA) is 33.0 Å². The van der Waals surface area contributed by atoms with Crippen LogP contribution in [0.1, 0.15) is 43.7 Å². The van der Waals surface area contributed by atoms with Gasteiger partial charge in [0.1, 0.15) is 5.75 Å². The Hall–Kier alpha value is -1.49. The Bertz CT molecular complexity index is 377. The van der Waals surface area contributed by atoms with Gasteiger partial charge in [-0.3, -0.25) is 0 Å². The van der Waals surface area contributed by atoms with Crippen molar-refractivity contribution >= 4 is 0 Å². The van der Waals surface area contributed by atoms with E-state index < -0.39 is 0 Å². The van der Waals surface area contributed by atoms with E-state index in [4.69, 9.17) is 10.00 Å². The molecule has 0 bridgehead atoms. The molecule has 16 heavy (non-hydrogen) atoms. The summed E-state index contributed by atoms with van der Waals surface area (Å²) >= 11 is 0. The fourth-order valence-electron chi connectivity index (χ4n) is 1.71. The Balaban J connectivity index is 2.85. The van der Waals surface area contributed by atoms with Crippen molar-refractivity contribution in [1.29, 1.82) is 5.26 Å². The Morgan fingerprint density at radius 1 is 1.38 bits per heavy atom. The Kier molecular flexibility index (Phi) is 4.85. The van der Waals surface area contributed by atoms with E-state index in [2.05, 4.69) is 32.0 Å². The van der Waals surface area contributed by atoms with Crippen LogP contribution >= 0.6 is 0 Å². The molecule has 0 N–H and O–H groups in total. The van der Waals surface area contributed by atoms with Crippen molar-refractivity contribution in [2.75, 3.05) is 7.11 Å². The summed E-state index contributed by atoms with van der Waals surface area (Å²) in [6.07, 6.45) is 2.42. The number of rotatable bonds is 5. The summed E-state index contributed by atoms with van der Waals surface area (Å²) in [7, 11) is 1.69. The molecular formula is C14H19NO. The average Bonchev–Trinajstić information content (AvgIpc) is 2.29. The predicted octanol–water partition coefficient (Wildman–Crippen LogP) is 3.66. The Labute approximate surface area is 97.9 Å². The fourth-order valence-corrected chi connectivity index (χ4v) is 1.71. The van der Waals surface area contributed by atoms with Crippen LogP contribution in [0.2, 0.25) is 0 Å². The first-order chi connectivity index (χ1) is 7.69. The second-order valence-electron chi connectivity index (χ2n) is 4.24. The van der Waals surface area contributed by atoms with Crippen LogP contribution in [0.5, 0.6) is 5.75 Å². The molecule has 0 aliphatic carbocycles. The van der Waals surface area contributed by atoms with E-state index in [1.807, 2.05) is 6.07 Å². The largest absolute Gasteiger partial charge is 0.496 e. The van der Waals surface area contributed by atoms with Crippen LogP contribution in [0.4, 0.5) is 0 Å². The van der Waals surface area contributed by atoms with Gasteiger partial charge in [0, 0.05) is 6.42 Å². The van der Waals surface area contributed by atoms with Crippen LogP contribution in [0.3, 0.4) is 0 Å². The number of benzene rings is 1. The van der Waals surface area contributed by atoms with E-state index >= 15 is 0 Å². The van der Waals surface area contributed by atoms with Crippen molar-refractivity contribution in [2.24, 2.45) is 0 Å². The lowest BCUT2D eigenvalue weighted by Crippen LogP contribution is -1.96. The third kappa shape index (κ3) is 3.27. The number of unbranched alkanes of at least 4 members (excludes halogenated alkanes) is 1. The molecule has 0 aliphatic rings. The zero-order chi connectivity index (χ0) is 12.0. The number of hydrogen-bond acceptors (Lipinski definition) is 2. The van der Waals surface area contributed by atoms with Crippen molar-refractivity contribution in [1.82, 2.24) is 0 Å². The predicted molar refractivity (Wildman–Crippen MR) is 65.6 cm³/mol. The molecule has 1 aromatic rings. The highest BCUT2D eigenvalue weighted by atomic mass is 16.5. The fraction of sp³-hybridized carbons (Fsp3) is 0.500. The maximum atomic E-state index is 8.53. The monoisotopic (exact) mass is 217 g/mol. The second-order valence-corrected chi connectivity index (χ2v) is 4.24. The Morgan fingerprint density at radius 3 is 2.69 bits per heavy atom. The molecule has 0 amide bonds. The number of hydrogen-bond donors (Lipinski definition) is 0. The van der Waals surface area contributed by atoms with Gasteiger partial charge in [0.25, 0.3) is 0 Å². The minimum atomic E-state index is 0.528. The lowest BCUT2D eigenvalue weighted by Gasteiger charge is -2.12. The molecule has 0 atom stereocenters. The van der Waals surface area contributed by atoms with Gasteiger partial charge >= 0.3 is 0 Å². The molecule has 0 spiro atoms. The summed E-state index contributed by atoms with van der Waals surface area (Å²) in [6.45, 7) is 4.36. The highest BCUT2D eigenvalue weighted by molar-refractivity contribution is 5.38. The molecule has 0 heterocycles. The average molecular weight is 217 g/mol.